The quantitative estimate of drug-likeness (QED) is 0.236. The second kappa shape index (κ2) is 13.2. The van der Waals surface area contributed by atoms with Gasteiger partial charge in [0.2, 0.25) is 10.0 Å². The molecule has 4 rings (SSSR count). The fourth-order valence-corrected chi connectivity index (χ4v) is 6.99. The average molecular weight is 616 g/mol. The van der Waals surface area contributed by atoms with Crippen LogP contribution >= 0.6 is 11.3 Å². The topological polar surface area (TPSA) is 148 Å². The van der Waals surface area contributed by atoms with Gasteiger partial charge >= 0.3 is 12.2 Å². The van der Waals surface area contributed by atoms with Crippen molar-refractivity contribution in [1.29, 1.82) is 0 Å². The number of aromatic nitrogens is 1. The van der Waals surface area contributed by atoms with Crippen LogP contribution in [0.2, 0.25) is 0 Å². The number of hydrogen-bond donors (Lipinski definition) is 4. The fraction of sp³-hybridized carbons (Fsp3) is 0.414. The summed E-state index contributed by atoms with van der Waals surface area (Å²) in [6.07, 6.45) is 2.17. The lowest BCUT2D eigenvalue weighted by atomic mass is 10.1. The molecule has 2 amide bonds. The van der Waals surface area contributed by atoms with Crippen LogP contribution in [0.25, 0.3) is 21.0 Å². The molecule has 11 nitrogen and oxygen atoms in total. The molecule has 2 heterocycles. The van der Waals surface area contributed by atoms with E-state index in [1.807, 2.05) is 12.1 Å². The highest BCUT2D eigenvalue weighted by atomic mass is 32.2. The lowest BCUT2D eigenvalue weighted by Gasteiger charge is -2.22. The van der Waals surface area contributed by atoms with E-state index < -0.39 is 27.7 Å². The van der Waals surface area contributed by atoms with Crippen molar-refractivity contribution >= 4 is 44.9 Å². The van der Waals surface area contributed by atoms with E-state index in [1.165, 1.54) is 17.4 Å². The summed E-state index contributed by atoms with van der Waals surface area (Å²) in [5, 5.41) is 9.25. The van der Waals surface area contributed by atoms with E-state index in [4.69, 9.17) is 9.47 Å². The lowest BCUT2D eigenvalue weighted by Crippen LogP contribution is -2.40. The van der Waals surface area contributed by atoms with Gasteiger partial charge in [0.05, 0.1) is 15.9 Å². The van der Waals surface area contributed by atoms with E-state index in [9.17, 15) is 18.0 Å². The van der Waals surface area contributed by atoms with Crippen molar-refractivity contribution in [3.05, 3.63) is 48.7 Å². The maximum atomic E-state index is 13.5. The van der Waals surface area contributed by atoms with Crippen LogP contribution in [0, 0.1) is 0 Å². The minimum Gasteiger partial charge on any atom is -0.448 e. The maximum absolute atomic E-state index is 13.5. The largest absolute Gasteiger partial charge is 0.448 e. The number of carbonyl (C=O) groups excluding carboxylic acids is 2. The number of carbonyl (C=O) groups is 2. The van der Waals surface area contributed by atoms with Gasteiger partial charge in [-0.1, -0.05) is 6.07 Å². The summed E-state index contributed by atoms with van der Waals surface area (Å²) in [4.78, 5) is 29.5. The van der Waals surface area contributed by atoms with Crippen molar-refractivity contribution in [1.82, 2.24) is 15.0 Å². The van der Waals surface area contributed by atoms with Gasteiger partial charge < -0.3 is 14.8 Å². The Hall–Kier alpha value is -3.52. The van der Waals surface area contributed by atoms with E-state index in [1.54, 1.807) is 65.1 Å². The summed E-state index contributed by atoms with van der Waals surface area (Å²) in [5.41, 5.74) is 1.37. The van der Waals surface area contributed by atoms with Crippen LogP contribution in [0.1, 0.15) is 47.5 Å². The number of nitrogens with one attached hydrogen (secondary N) is 4. The van der Waals surface area contributed by atoms with Crippen molar-refractivity contribution in [2.45, 2.75) is 70.0 Å². The lowest BCUT2D eigenvalue weighted by molar-refractivity contribution is 0.130. The Morgan fingerprint density at radius 1 is 1.07 bits per heavy atom. The van der Waals surface area contributed by atoms with Gasteiger partial charge in [0.25, 0.3) is 0 Å². The zero-order chi connectivity index (χ0) is 30.5. The number of hydrogen-bond acceptors (Lipinski definition) is 9. The molecule has 2 aromatic carbocycles. The van der Waals surface area contributed by atoms with Crippen LogP contribution in [0.3, 0.4) is 0 Å². The Labute approximate surface area is 250 Å². The molecule has 1 fully saturated rings. The first-order valence-corrected chi connectivity index (χ1v) is 16.0. The van der Waals surface area contributed by atoms with E-state index in [-0.39, 0.29) is 23.6 Å². The first-order valence-electron chi connectivity index (χ1n) is 13.7. The van der Waals surface area contributed by atoms with Crippen molar-refractivity contribution in [2.75, 3.05) is 23.8 Å². The molecule has 1 saturated heterocycles. The molecule has 0 aliphatic carbocycles. The van der Waals surface area contributed by atoms with E-state index >= 15 is 0 Å². The number of ether oxygens (including phenoxy) is 2. The fourth-order valence-electron chi connectivity index (χ4n) is 4.30. The van der Waals surface area contributed by atoms with Crippen molar-refractivity contribution in [3.63, 3.8) is 0 Å². The summed E-state index contributed by atoms with van der Waals surface area (Å²) in [7, 11) is -3.99. The Balaban J connectivity index is 1.57. The SMILES string of the molecule is CC(C)OC(=O)Nc1ccc(-c2ncc(-c3ccc(NC(=O)OC[C@@H]4CCCN4)cc3S(=O)(=O)NC(C)(C)C)s2)cc1. The molecule has 0 saturated carbocycles. The van der Waals surface area contributed by atoms with Crippen LogP contribution in [0.5, 0.6) is 0 Å². The highest BCUT2D eigenvalue weighted by Gasteiger charge is 2.27. The van der Waals surface area contributed by atoms with Gasteiger partial charge in [0.15, 0.2) is 0 Å². The summed E-state index contributed by atoms with van der Waals surface area (Å²) < 4.78 is 40.2. The van der Waals surface area contributed by atoms with Crippen LogP contribution in [-0.2, 0) is 19.5 Å². The smallest absolute Gasteiger partial charge is 0.411 e. The predicted octanol–water partition coefficient (Wildman–Crippen LogP) is 5.81. The van der Waals surface area contributed by atoms with Crippen LogP contribution in [0.15, 0.2) is 53.6 Å². The highest BCUT2D eigenvalue weighted by molar-refractivity contribution is 7.89. The summed E-state index contributed by atoms with van der Waals surface area (Å²) in [6, 6.07) is 11.9. The molecule has 226 valence electrons. The number of sulfonamides is 1. The van der Waals surface area contributed by atoms with Crippen LogP contribution < -0.4 is 20.7 Å². The van der Waals surface area contributed by atoms with Gasteiger partial charge in [-0.25, -0.2) is 27.7 Å². The monoisotopic (exact) mass is 615 g/mol. The molecule has 0 spiro atoms. The molecule has 0 unspecified atom stereocenters. The summed E-state index contributed by atoms with van der Waals surface area (Å²) in [6.45, 7) is 9.95. The van der Waals surface area contributed by atoms with E-state index in [0.717, 1.165) is 24.9 Å². The molecule has 1 atom stereocenters. The molecule has 13 heteroatoms. The summed E-state index contributed by atoms with van der Waals surface area (Å²) in [5.74, 6) is 0. The second-order valence-corrected chi connectivity index (χ2v) is 14.0. The highest BCUT2D eigenvalue weighted by Crippen LogP contribution is 2.37. The van der Waals surface area contributed by atoms with Gasteiger partial charge in [-0.2, -0.15) is 0 Å². The molecule has 1 aliphatic heterocycles. The summed E-state index contributed by atoms with van der Waals surface area (Å²) >= 11 is 1.32. The molecule has 0 radical (unpaired) electrons. The Morgan fingerprint density at radius 2 is 1.76 bits per heavy atom. The molecule has 3 aromatic rings. The predicted molar refractivity (Wildman–Crippen MR) is 164 cm³/mol. The normalized spacial score (nSPS) is 15.4. The Kier molecular flexibility index (Phi) is 9.87. The van der Waals surface area contributed by atoms with Gasteiger partial charge in [-0.3, -0.25) is 10.6 Å². The molecular formula is C29H37N5O6S2. The van der Waals surface area contributed by atoms with Gasteiger partial charge in [0.1, 0.15) is 11.6 Å². The number of rotatable bonds is 9. The van der Waals surface area contributed by atoms with Gasteiger partial charge in [-0.05, 0) is 90.4 Å². The molecular weight excluding hydrogens is 578 g/mol. The number of amides is 2. The zero-order valence-electron chi connectivity index (χ0n) is 24.3. The standard InChI is InChI=1S/C29H37N5O6S2/c1-18(2)40-28(36)32-20-10-8-19(9-11-20)26-31-16-24(41-26)23-13-12-21(15-25(23)42(37,38)34-29(3,4)5)33-27(35)39-17-22-7-6-14-30-22/h8-13,15-16,18,22,30,34H,6-7,14,17H2,1-5H3,(H,32,36)(H,33,35)/t22-/m0/s1. The number of anilines is 2. The Morgan fingerprint density at radius 3 is 2.40 bits per heavy atom. The average Bonchev–Trinajstić information content (AvgIpc) is 3.59. The first kappa shape index (κ1) is 31.4. The van der Waals surface area contributed by atoms with E-state index in [2.05, 4.69) is 25.7 Å². The van der Waals surface area contributed by atoms with Crippen molar-refractivity contribution in [2.24, 2.45) is 0 Å². The van der Waals surface area contributed by atoms with Gasteiger partial charge in [0, 0.05) is 40.3 Å². The van der Waals surface area contributed by atoms with Crippen LogP contribution in [-0.4, -0.2) is 56.4 Å². The molecule has 4 N–H and O–H groups in total. The third-order valence-corrected chi connectivity index (χ3v) is 8.91. The third kappa shape index (κ3) is 8.74. The van der Waals surface area contributed by atoms with Crippen LogP contribution in [0.4, 0.5) is 21.0 Å². The van der Waals surface area contributed by atoms with Crippen molar-refractivity contribution in [3.8, 4) is 21.0 Å². The zero-order valence-corrected chi connectivity index (χ0v) is 25.9. The third-order valence-electron chi connectivity index (χ3n) is 6.03. The number of thiazole rings is 1. The Bertz CT molecular complexity index is 1510. The first-order chi connectivity index (χ1) is 19.8. The van der Waals surface area contributed by atoms with E-state index in [0.29, 0.717) is 26.8 Å². The number of benzene rings is 2. The maximum Gasteiger partial charge on any atom is 0.411 e. The van der Waals surface area contributed by atoms with Crippen molar-refractivity contribution < 1.29 is 27.5 Å². The minimum absolute atomic E-state index is 0.00565. The minimum atomic E-state index is -3.99. The molecule has 0 bridgehead atoms. The molecule has 1 aliphatic rings. The van der Waals surface area contributed by atoms with Gasteiger partial charge in [-0.15, -0.1) is 11.3 Å². The molecule has 42 heavy (non-hydrogen) atoms. The number of nitrogens with zero attached hydrogens (tertiary/aromatic N) is 1. The molecule has 1 aromatic heterocycles. The second-order valence-electron chi connectivity index (χ2n) is 11.3.